The van der Waals surface area contributed by atoms with Crippen molar-refractivity contribution in [3.8, 4) is 0 Å². The van der Waals surface area contributed by atoms with Gasteiger partial charge < -0.3 is 9.15 Å². The molecule has 1 aromatic rings. The summed E-state index contributed by atoms with van der Waals surface area (Å²) in [7, 11) is 0. The van der Waals surface area contributed by atoms with E-state index < -0.39 is 0 Å². The largest absolute Gasteiger partial charge is 0.467 e. The lowest BCUT2D eigenvalue weighted by Gasteiger charge is -2.05. The Morgan fingerprint density at radius 3 is 3.08 bits per heavy atom. The minimum Gasteiger partial charge on any atom is -0.467 e. The lowest BCUT2D eigenvalue weighted by Crippen LogP contribution is -2.03. The van der Waals surface area contributed by atoms with Crippen LogP contribution >= 0.6 is 0 Å². The highest BCUT2D eigenvalue weighted by Crippen LogP contribution is 2.04. The van der Waals surface area contributed by atoms with E-state index in [4.69, 9.17) is 9.15 Å². The Hall–Kier alpha value is -1.02. The zero-order valence-corrected chi connectivity index (χ0v) is 7.49. The third kappa shape index (κ3) is 2.93. The van der Waals surface area contributed by atoms with Crippen LogP contribution in [0.5, 0.6) is 0 Å². The van der Waals surface area contributed by atoms with Crippen LogP contribution < -0.4 is 0 Å². The van der Waals surface area contributed by atoms with Crippen LogP contribution in [0.1, 0.15) is 19.6 Å². The smallest absolute Gasteiger partial charge is 0.129 e. The summed E-state index contributed by atoms with van der Waals surface area (Å²) in [5.41, 5.74) is 0. The zero-order valence-electron chi connectivity index (χ0n) is 7.49. The van der Waals surface area contributed by atoms with E-state index in [1.54, 1.807) is 6.26 Å². The second-order valence-corrected chi connectivity index (χ2v) is 2.62. The van der Waals surface area contributed by atoms with Gasteiger partial charge in [0.1, 0.15) is 12.4 Å². The number of ether oxygens (including phenoxy) is 1. The molecule has 0 aliphatic carbocycles. The molecule has 2 nitrogen and oxygen atoms in total. The van der Waals surface area contributed by atoms with Crippen molar-refractivity contribution < 1.29 is 9.15 Å². The molecule has 12 heavy (non-hydrogen) atoms. The Balaban J connectivity index is 2.26. The first kappa shape index (κ1) is 9.07. The summed E-state index contributed by atoms with van der Waals surface area (Å²) in [6.07, 6.45) is 5.79. The summed E-state index contributed by atoms with van der Waals surface area (Å²) < 4.78 is 10.6. The van der Waals surface area contributed by atoms with Crippen LogP contribution in [0.25, 0.3) is 0 Å². The molecule has 0 unspecified atom stereocenters. The van der Waals surface area contributed by atoms with Crippen LogP contribution in [0, 0.1) is 0 Å². The van der Waals surface area contributed by atoms with Crippen LogP contribution in [0.3, 0.4) is 0 Å². The van der Waals surface area contributed by atoms with Crippen molar-refractivity contribution in [1.82, 2.24) is 0 Å². The Morgan fingerprint density at radius 1 is 1.67 bits per heavy atom. The van der Waals surface area contributed by atoms with E-state index in [-0.39, 0.29) is 6.10 Å². The fourth-order valence-electron chi connectivity index (χ4n) is 0.935. The average Bonchev–Trinajstić information content (AvgIpc) is 2.53. The molecule has 0 bridgehead atoms. The van der Waals surface area contributed by atoms with Crippen molar-refractivity contribution in [3.05, 3.63) is 36.3 Å². The van der Waals surface area contributed by atoms with Crippen LogP contribution in [-0.4, -0.2) is 6.10 Å². The highest BCUT2D eigenvalue weighted by atomic mass is 16.5. The van der Waals surface area contributed by atoms with E-state index in [0.717, 1.165) is 5.76 Å². The number of allylic oxidation sites excluding steroid dienone is 1. The van der Waals surface area contributed by atoms with Gasteiger partial charge >= 0.3 is 0 Å². The molecular weight excluding hydrogens is 152 g/mol. The van der Waals surface area contributed by atoms with Gasteiger partial charge in [0.25, 0.3) is 0 Å². The van der Waals surface area contributed by atoms with Crippen molar-refractivity contribution in [2.24, 2.45) is 0 Å². The highest BCUT2D eigenvalue weighted by Gasteiger charge is 1.98. The van der Waals surface area contributed by atoms with E-state index in [2.05, 4.69) is 0 Å². The molecule has 1 aromatic heterocycles. The fourth-order valence-corrected chi connectivity index (χ4v) is 0.935. The first-order valence-corrected chi connectivity index (χ1v) is 4.09. The minimum absolute atomic E-state index is 0.153. The molecule has 0 aromatic carbocycles. The molecule has 1 heterocycles. The Morgan fingerprint density at radius 2 is 2.50 bits per heavy atom. The second-order valence-electron chi connectivity index (χ2n) is 2.62. The molecule has 0 saturated heterocycles. The maximum Gasteiger partial charge on any atom is 0.129 e. The topological polar surface area (TPSA) is 22.4 Å². The molecule has 0 fully saturated rings. The second kappa shape index (κ2) is 4.78. The van der Waals surface area contributed by atoms with Gasteiger partial charge in [0, 0.05) is 0 Å². The average molecular weight is 166 g/mol. The number of hydrogen-bond acceptors (Lipinski definition) is 2. The molecule has 0 radical (unpaired) electrons. The van der Waals surface area contributed by atoms with Crippen LogP contribution in [-0.2, 0) is 11.3 Å². The van der Waals surface area contributed by atoms with Gasteiger partial charge in [-0.05, 0) is 26.0 Å². The van der Waals surface area contributed by atoms with Gasteiger partial charge in [-0.2, -0.15) is 0 Å². The summed E-state index contributed by atoms with van der Waals surface area (Å²) in [4.78, 5) is 0. The molecule has 1 rings (SSSR count). The lowest BCUT2D eigenvalue weighted by atomic mass is 10.3. The molecule has 0 N–H and O–H groups in total. The Labute approximate surface area is 72.8 Å². The van der Waals surface area contributed by atoms with Gasteiger partial charge in [-0.25, -0.2) is 0 Å². The van der Waals surface area contributed by atoms with Gasteiger partial charge in [0.15, 0.2) is 0 Å². The van der Waals surface area contributed by atoms with Gasteiger partial charge in [0.2, 0.25) is 0 Å². The summed E-state index contributed by atoms with van der Waals surface area (Å²) in [5, 5.41) is 0. The van der Waals surface area contributed by atoms with Crippen LogP contribution in [0.15, 0.2) is 35.0 Å². The van der Waals surface area contributed by atoms with Gasteiger partial charge in [-0.3, -0.25) is 0 Å². The minimum atomic E-state index is 0.153. The molecule has 0 saturated carbocycles. The van der Waals surface area contributed by atoms with Crippen molar-refractivity contribution >= 4 is 0 Å². The molecule has 2 heteroatoms. The van der Waals surface area contributed by atoms with Crippen molar-refractivity contribution in [3.63, 3.8) is 0 Å². The molecule has 0 aliphatic rings. The normalized spacial score (nSPS) is 13.8. The number of furan rings is 1. The van der Waals surface area contributed by atoms with Crippen LogP contribution in [0.4, 0.5) is 0 Å². The SMILES string of the molecule is C/C=C\[C@H](C)OCc1ccco1. The van der Waals surface area contributed by atoms with Gasteiger partial charge in [-0.15, -0.1) is 0 Å². The predicted octanol–water partition coefficient (Wildman–Crippen LogP) is 2.76. The fraction of sp³-hybridized carbons (Fsp3) is 0.400. The van der Waals surface area contributed by atoms with Crippen LogP contribution in [0.2, 0.25) is 0 Å². The van der Waals surface area contributed by atoms with E-state index in [1.165, 1.54) is 0 Å². The van der Waals surface area contributed by atoms with Crippen molar-refractivity contribution in [2.75, 3.05) is 0 Å². The number of hydrogen-bond donors (Lipinski definition) is 0. The first-order valence-electron chi connectivity index (χ1n) is 4.09. The monoisotopic (exact) mass is 166 g/mol. The first-order chi connectivity index (χ1) is 5.83. The van der Waals surface area contributed by atoms with Crippen molar-refractivity contribution in [2.45, 2.75) is 26.6 Å². The molecule has 66 valence electrons. The standard InChI is InChI=1S/C10H14O2/c1-3-5-9(2)12-8-10-6-4-7-11-10/h3-7,9H,8H2,1-2H3/b5-3-/t9-/m0/s1. The molecular formula is C10H14O2. The molecule has 1 atom stereocenters. The summed E-state index contributed by atoms with van der Waals surface area (Å²) in [6, 6.07) is 3.77. The van der Waals surface area contributed by atoms with Gasteiger partial charge in [-0.1, -0.05) is 12.2 Å². The predicted molar refractivity (Wildman–Crippen MR) is 47.8 cm³/mol. The Bertz CT molecular complexity index is 224. The lowest BCUT2D eigenvalue weighted by molar-refractivity contribution is 0.0717. The number of rotatable bonds is 4. The quantitative estimate of drug-likeness (QED) is 0.642. The summed E-state index contributed by atoms with van der Waals surface area (Å²) >= 11 is 0. The maximum absolute atomic E-state index is 5.45. The van der Waals surface area contributed by atoms with Crippen molar-refractivity contribution in [1.29, 1.82) is 0 Å². The highest BCUT2D eigenvalue weighted by molar-refractivity contribution is 4.96. The molecule has 0 amide bonds. The van der Waals surface area contributed by atoms with E-state index in [1.807, 2.05) is 38.1 Å². The zero-order chi connectivity index (χ0) is 8.81. The van der Waals surface area contributed by atoms with E-state index >= 15 is 0 Å². The maximum atomic E-state index is 5.45. The third-order valence-electron chi connectivity index (χ3n) is 1.53. The molecule has 0 spiro atoms. The summed E-state index contributed by atoms with van der Waals surface area (Å²) in [6.45, 7) is 4.52. The Kier molecular flexibility index (Phi) is 3.61. The third-order valence-corrected chi connectivity index (χ3v) is 1.53. The van der Waals surface area contributed by atoms with E-state index in [0.29, 0.717) is 6.61 Å². The molecule has 0 aliphatic heterocycles. The summed E-state index contributed by atoms with van der Waals surface area (Å²) in [5.74, 6) is 0.867. The van der Waals surface area contributed by atoms with Gasteiger partial charge in [0.05, 0.1) is 12.4 Å². The van der Waals surface area contributed by atoms with E-state index in [9.17, 15) is 0 Å².